The third kappa shape index (κ3) is 14.5. The Kier molecular flexibility index (Phi) is 16.0. The molecule has 1 unspecified atom stereocenters. The number of hydrogen-bond donors (Lipinski definition) is 0. The van der Waals surface area contributed by atoms with E-state index < -0.39 is 0 Å². The molecule has 0 spiro atoms. The van der Waals surface area contributed by atoms with Crippen molar-refractivity contribution in [2.45, 2.75) is 78.1 Å². The van der Waals surface area contributed by atoms with E-state index >= 15 is 0 Å². The molecule has 0 aliphatic carbocycles. The lowest BCUT2D eigenvalue weighted by molar-refractivity contribution is -0.146. The summed E-state index contributed by atoms with van der Waals surface area (Å²) >= 11 is 0. The Morgan fingerprint density at radius 2 is 1.46 bits per heavy atom. The molecule has 24 heavy (non-hydrogen) atoms. The molecule has 0 fully saturated rings. The van der Waals surface area contributed by atoms with Gasteiger partial charge >= 0.3 is 11.9 Å². The minimum Gasteiger partial charge on any atom is -0.466 e. The molecule has 1 atom stereocenters. The van der Waals surface area contributed by atoms with Crippen LogP contribution in [0.1, 0.15) is 78.1 Å². The summed E-state index contributed by atoms with van der Waals surface area (Å²) in [5.74, 6) is -0.0949. The normalized spacial score (nSPS) is 12.0. The summed E-state index contributed by atoms with van der Waals surface area (Å²) in [4.78, 5) is 23.2. The van der Waals surface area contributed by atoms with Crippen LogP contribution in [0.4, 0.5) is 0 Å². The quantitative estimate of drug-likeness (QED) is 0.309. The van der Waals surface area contributed by atoms with Crippen LogP contribution in [0.3, 0.4) is 0 Å². The molecule has 0 heterocycles. The number of rotatable bonds is 16. The summed E-state index contributed by atoms with van der Waals surface area (Å²) in [7, 11) is 1.69. The molecule has 0 N–H and O–H groups in total. The van der Waals surface area contributed by atoms with Gasteiger partial charge in [-0.25, -0.2) is 0 Å². The first kappa shape index (κ1) is 22.9. The van der Waals surface area contributed by atoms with Crippen molar-refractivity contribution >= 4 is 11.9 Å². The fourth-order valence-corrected chi connectivity index (χ4v) is 2.34. The number of unbranched alkanes of at least 4 members (excludes halogenated alkanes) is 3. The molecule has 0 saturated carbocycles. The van der Waals surface area contributed by atoms with Gasteiger partial charge < -0.3 is 14.2 Å². The van der Waals surface area contributed by atoms with E-state index in [4.69, 9.17) is 14.2 Å². The maximum absolute atomic E-state index is 11.8. The number of esters is 2. The monoisotopic (exact) mass is 344 g/mol. The first-order chi connectivity index (χ1) is 11.6. The fourth-order valence-electron chi connectivity index (χ4n) is 2.34. The minimum absolute atomic E-state index is 0.228. The molecule has 0 aromatic carbocycles. The predicted octanol–water partition coefficient (Wildman–Crippen LogP) is 4.28. The second kappa shape index (κ2) is 16.7. The highest BCUT2D eigenvalue weighted by Crippen LogP contribution is 2.15. The van der Waals surface area contributed by atoms with Gasteiger partial charge in [-0.2, -0.15) is 0 Å². The minimum atomic E-state index is -0.228. The molecule has 5 heteroatoms. The second-order valence-electron chi connectivity index (χ2n) is 6.25. The van der Waals surface area contributed by atoms with Crippen molar-refractivity contribution < 1.29 is 23.8 Å². The summed E-state index contributed by atoms with van der Waals surface area (Å²) in [6.07, 6.45) is 8.45. The van der Waals surface area contributed by atoms with Gasteiger partial charge in [0.05, 0.1) is 13.2 Å². The van der Waals surface area contributed by atoms with Gasteiger partial charge in [0.1, 0.15) is 0 Å². The molecule has 0 aromatic heterocycles. The van der Waals surface area contributed by atoms with E-state index in [-0.39, 0.29) is 24.8 Å². The molecular weight excluding hydrogens is 308 g/mol. The van der Waals surface area contributed by atoms with Crippen LogP contribution in [0.15, 0.2) is 0 Å². The first-order valence-electron chi connectivity index (χ1n) is 9.44. The van der Waals surface area contributed by atoms with E-state index in [9.17, 15) is 9.59 Å². The highest BCUT2D eigenvalue weighted by atomic mass is 16.5. The van der Waals surface area contributed by atoms with Crippen LogP contribution in [0, 0.1) is 5.92 Å². The van der Waals surface area contributed by atoms with Crippen LogP contribution in [0.2, 0.25) is 0 Å². The maximum atomic E-state index is 11.8. The zero-order chi connectivity index (χ0) is 18.0. The van der Waals surface area contributed by atoms with Crippen molar-refractivity contribution in [3.8, 4) is 0 Å². The zero-order valence-corrected chi connectivity index (χ0v) is 15.8. The summed E-state index contributed by atoms with van der Waals surface area (Å²) in [5.41, 5.74) is 0. The summed E-state index contributed by atoms with van der Waals surface area (Å²) in [6, 6.07) is 0. The van der Waals surface area contributed by atoms with Gasteiger partial charge in [0.25, 0.3) is 0 Å². The standard InChI is InChI=1S/C19H36O5/c1-4-6-8-10-17(13-15-22-3)16-24-19(21)12-9-11-18(20)23-14-7-5-2/h17H,4-16H2,1-3H3. The number of carbonyl (C=O) groups is 2. The van der Waals surface area contributed by atoms with Crippen molar-refractivity contribution in [2.75, 3.05) is 26.9 Å². The van der Waals surface area contributed by atoms with E-state index in [0.717, 1.165) is 32.1 Å². The fraction of sp³-hybridized carbons (Fsp3) is 0.895. The Labute approximate surface area is 147 Å². The highest BCUT2D eigenvalue weighted by Gasteiger charge is 2.13. The van der Waals surface area contributed by atoms with E-state index in [1.165, 1.54) is 12.8 Å². The number of carbonyl (C=O) groups excluding carboxylic acids is 2. The molecule has 0 aliphatic heterocycles. The average Bonchev–Trinajstić information content (AvgIpc) is 2.57. The van der Waals surface area contributed by atoms with Gasteiger partial charge in [-0.15, -0.1) is 0 Å². The van der Waals surface area contributed by atoms with Crippen LogP contribution < -0.4 is 0 Å². The van der Waals surface area contributed by atoms with Crippen molar-refractivity contribution in [1.29, 1.82) is 0 Å². The van der Waals surface area contributed by atoms with Gasteiger partial charge in [0.2, 0.25) is 0 Å². The van der Waals surface area contributed by atoms with Crippen LogP contribution >= 0.6 is 0 Å². The predicted molar refractivity (Wildman–Crippen MR) is 94.8 cm³/mol. The van der Waals surface area contributed by atoms with Gasteiger partial charge in [0, 0.05) is 26.6 Å². The van der Waals surface area contributed by atoms with Crippen molar-refractivity contribution in [3.05, 3.63) is 0 Å². The Morgan fingerprint density at radius 3 is 2.08 bits per heavy atom. The van der Waals surface area contributed by atoms with E-state index in [1.807, 2.05) is 6.92 Å². The summed E-state index contributed by atoms with van der Waals surface area (Å²) in [5, 5.41) is 0. The molecule has 0 aromatic rings. The van der Waals surface area contributed by atoms with Crippen molar-refractivity contribution in [2.24, 2.45) is 5.92 Å². The maximum Gasteiger partial charge on any atom is 0.305 e. The zero-order valence-electron chi connectivity index (χ0n) is 15.8. The Morgan fingerprint density at radius 1 is 0.792 bits per heavy atom. The molecule has 0 bridgehead atoms. The summed E-state index contributed by atoms with van der Waals surface area (Å²) in [6.45, 7) is 5.84. The van der Waals surface area contributed by atoms with Crippen LogP contribution in [-0.4, -0.2) is 38.9 Å². The van der Waals surface area contributed by atoms with Gasteiger partial charge in [-0.3, -0.25) is 9.59 Å². The van der Waals surface area contributed by atoms with Crippen LogP contribution in [-0.2, 0) is 23.8 Å². The number of methoxy groups -OCH3 is 1. The molecule has 0 aliphatic rings. The first-order valence-corrected chi connectivity index (χ1v) is 9.44. The van der Waals surface area contributed by atoms with E-state index in [1.54, 1.807) is 7.11 Å². The lowest BCUT2D eigenvalue weighted by Gasteiger charge is -2.16. The third-order valence-electron chi connectivity index (χ3n) is 3.95. The van der Waals surface area contributed by atoms with E-state index in [2.05, 4.69) is 6.92 Å². The third-order valence-corrected chi connectivity index (χ3v) is 3.95. The molecule has 0 saturated heterocycles. The SMILES string of the molecule is CCCCCC(CCOC)COC(=O)CCCC(=O)OCCCC. The molecule has 0 rings (SSSR count). The highest BCUT2D eigenvalue weighted by molar-refractivity contribution is 5.72. The Bertz CT molecular complexity index is 317. The summed E-state index contributed by atoms with van der Waals surface area (Å²) < 4.78 is 15.5. The van der Waals surface area contributed by atoms with Gasteiger partial charge in [0.15, 0.2) is 0 Å². The number of ether oxygens (including phenoxy) is 3. The van der Waals surface area contributed by atoms with Crippen LogP contribution in [0.5, 0.6) is 0 Å². The van der Waals surface area contributed by atoms with Crippen LogP contribution in [0.25, 0.3) is 0 Å². The lowest BCUT2D eigenvalue weighted by Crippen LogP contribution is -2.16. The molecule has 0 radical (unpaired) electrons. The smallest absolute Gasteiger partial charge is 0.305 e. The largest absolute Gasteiger partial charge is 0.466 e. The molecule has 142 valence electrons. The van der Waals surface area contributed by atoms with Crippen molar-refractivity contribution in [3.63, 3.8) is 0 Å². The second-order valence-corrected chi connectivity index (χ2v) is 6.25. The molecule has 5 nitrogen and oxygen atoms in total. The topological polar surface area (TPSA) is 61.8 Å². The van der Waals surface area contributed by atoms with Gasteiger partial charge in [-0.1, -0.05) is 39.5 Å². The van der Waals surface area contributed by atoms with Crippen molar-refractivity contribution in [1.82, 2.24) is 0 Å². The molecular formula is C19H36O5. The Balaban J connectivity index is 3.83. The lowest BCUT2D eigenvalue weighted by atomic mass is 9.99. The van der Waals surface area contributed by atoms with Gasteiger partial charge in [-0.05, 0) is 31.6 Å². The average molecular weight is 344 g/mol. The molecule has 0 amide bonds. The number of hydrogen-bond acceptors (Lipinski definition) is 5. The Hall–Kier alpha value is -1.10. The van der Waals surface area contributed by atoms with E-state index in [0.29, 0.717) is 32.2 Å².